The Balaban J connectivity index is 1.76. The summed E-state index contributed by atoms with van der Waals surface area (Å²) in [6.45, 7) is 4.90. The quantitative estimate of drug-likeness (QED) is 0.882. The SMILES string of the molecule is CCO[C@H]1C[C@@H]2[C@H](CC[C@]3(C)C(=O)CC[C@@H]23)c2ccc(O)cc21. The van der Waals surface area contributed by atoms with Crippen LogP contribution in [0.5, 0.6) is 5.75 Å². The number of carbonyl (C=O) groups is 1. The fourth-order valence-electron chi connectivity index (χ4n) is 5.69. The summed E-state index contributed by atoms with van der Waals surface area (Å²) in [5.74, 6) is 2.35. The van der Waals surface area contributed by atoms with E-state index in [-0.39, 0.29) is 11.5 Å². The van der Waals surface area contributed by atoms with Gasteiger partial charge in [0.15, 0.2) is 0 Å². The molecule has 0 amide bonds. The van der Waals surface area contributed by atoms with Crippen molar-refractivity contribution in [2.45, 2.75) is 58.0 Å². The second-order valence-corrected chi connectivity index (χ2v) is 7.79. The Labute approximate surface area is 138 Å². The van der Waals surface area contributed by atoms with Crippen molar-refractivity contribution < 1.29 is 14.6 Å². The third-order valence-electron chi connectivity index (χ3n) is 6.82. The fourth-order valence-corrected chi connectivity index (χ4v) is 5.69. The molecule has 0 heterocycles. The standard InChI is InChI=1S/C20H26O3/c1-3-23-18-11-15-14(13-5-4-12(21)10-16(13)18)8-9-20(2)17(15)6-7-19(20)22/h4-5,10,14-15,17-18,21H,3,6-9,11H2,1-2H3/t14-,15-,17+,18+,20+/m1/s1. The minimum Gasteiger partial charge on any atom is -0.508 e. The lowest BCUT2D eigenvalue weighted by molar-refractivity contribution is -0.130. The molecule has 3 aliphatic carbocycles. The molecule has 3 aliphatic rings. The first-order chi connectivity index (χ1) is 11.0. The first-order valence-corrected chi connectivity index (χ1v) is 9.02. The van der Waals surface area contributed by atoms with Gasteiger partial charge in [-0.2, -0.15) is 0 Å². The number of carbonyl (C=O) groups excluding carboxylic acids is 1. The lowest BCUT2D eigenvalue weighted by atomic mass is 9.55. The minimum absolute atomic E-state index is 0.0569. The van der Waals surface area contributed by atoms with E-state index in [0.717, 1.165) is 32.1 Å². The van der Waals surface area contributed by atoms with E-state index in [1.807, 2.05) is 13.0 Å². The Morgan fingerprint density at radius 1 is 1.30 bits per heavy atom. The van der Waals surface area contributed by atoms with Gasteiger partial charge in [0, 0.05) is 18.4 Å². The van der Waals surface area contributed by atoms with Gasteiger partial charge in [0.1, 0.15) is 11.5 Å². The minimum atomic E-state index is -0.105. The molecular weight excluding hydrogens is 288 g/mol. The lowest BCUT2D eigenvalue weighted by Crippen LogP contribution is -2.43. The van der Waals surface area contributed by atoms with E-state index in [9.17, 15) is 9.90 Å². The van der Waals surface area contributed by atoms with Crippen molar-refractivity contribution in [1.29, 1.82) is 0 Å². The van der Waals surface area contributed by atoms with Gasteiger partial charge in [-0.15, -0.1) is 0 Å². The molecular formula is C20H26O3. The molecule has 1 N–H and O–H groups in total. The smallest absolute Gasteiger partial charge is 0.139 e. The maximum Gasteiger partial charge on any atom is 0.139 e. The summed E-state index contributed by atoms with van der Waals surface area (Å²) in [7, 11) is 0. The molecule has 0 radical (unpaired) electrons. The van der Waals surface area contributed by atoms with Crippen LogP contribution < -0.4 is 0 Å². The molecule has 2 fully saturated rings. The maximum absolute atomic E-state index is 12.4. The molecule has 23 heavy (non-hydrogen) atoms. The predicted octanol–water partition coefficient (Wildman–Crippen LogP) is 4.35. The number of aromatic hydroxyl groups is 1. The van der Waals surface area contributed by atoms with Crippen LogP contribution in [0.25, 0.3) is 0 Å². The van der Waals surface area contributed by atoms with Crippen LogP contribution in [-0.4, -0.2) is 17.5 Å². The molecule has 124 valence electrons. The third-order valence-corrected chi connectivity index (χ3v) is 6.82. The van der Waals surface area contributed by atoms with Crippen LogP contribution in [0.1, 0.15) is 69.1 Å². The molecule has 1 aromatic carbocycles. The van der Waals surface area contributed by atoms with Crippen LogP contribution in [0.3, 0.4) is 0 Å². The van der Waals surface area contributed by atoms with Crippen molar-refractivity contribution >= 4 is 5.78 Å². The summed E-state index contributed by atoms with van der Waals surface area (Å²) in [5.41, 5.74) is 2.41. The van der Waals surface area contributed by atoms with Crippen molar-refractivity contribution in [3.63, 3.8) is 0 Å². The molecule has 0 bridgehead atoms. The highest BCUT2D eigenvalue weighted by Gasteiger charge is 2.55. The molecule has 5 atom stereocenters. The van der Waals surface area contributed by atoms with Crippen molar-refractivity contribution in [2.75, 3.05) is 6.61 Å². The van der Waals surface area contributed by atoms with Gasteiger partial charge in [0.2, 0.25) is 0 Å². The van der Waals surface area contributed by atoms with E-state index < -0.39 is 0 Å². The predicted molar refractivity (Wildman–Crippen MR) is 88.4 cm³/mol. The van der Waals surface area contributed by atoms with Gasteiger partial charge < -0.3 is 9.84 Å². The van der Waals surface area contributed by atoms with Crippen LogP contribution >= 0.6 is 0 Å². The van der Waals surface area contributed by atoms with E-state index in [1.165, 1.54) is 11.1 Å². The second kappa shape index (κ2) is 5.34. The Morgan fingerprint density at radius 2 is 2.13 bits per heavy atom. The maximum atomic E-state index is 12.4. The number of hydrogen-bond donors (Lipinski definition) is 1. The van der Waals surface area contributed by atoms with Crippen molar-refractivity contribution in [1.82, 2.24) is 0 Å². The first kappa shape index (κ1) is 15.2. The Bertz CT molecular complexity index is 638. The van der Waals surface area contributed by atoms with E-state index in [0.29, 0.717) is 35.9 Å². The first-order valence-electron chi connectivity index (χ1n) is 9.02. The molecule has 0 aromatic heterocycles. The zero-order valence-electron chi connectivity index (χ0n) is 14.0. The molecule has 3 nitrogen and oxygen atoms in total. The van der Waals surface area contributed by atoms with Crippen LogP contribution in [0.15, 0.2) is 18.2 Å². The highest BCUT2D eigenvalue weighted by Crippen LogP contribution is 2.61. The van der Waals surface area contributed by atoms with Crippen molar-refractivity contribution in [2.24, 2.45) is 17.3 Å². The average molecular weight is 314 g/mol. The molecule has 4 rings (SSSR count). The second-order valence-electron chi connectivity index (χ2n) is 7.79. The van der Waals surface area contributed by atoms with Gasteiger partial charge in [0.25, 0.3) is 0 Å². The Hall–Kier alpha value is -1.35. The van der Waals surface area contributed by atoms with E-state index in [4.69, 9.17) is 4.74 Å². The number of ether oxygens (including phenoxy) is 1. The summed E-state index contributed by atoms with van der Waals surface area (Å²) in [5, 5.41) is 9.90. The molecule has 3 heteroatoms. The Morgan fingerprint density at radius 3 is 2.91 bits per heavy atom. The third kappa shape index (κ3) is 2.16. The number of fused-ring (bicyclic) bond motifs is 5. The van der Waals surface area contributed by atoms with Gasteiger partial charge in [0.05, 0.1) is 6.10 Å². The van der Waals surface area contributed by atoms with Gasteiger partial charge in [-0.1, -0.05) is 13.0 Å². The number of ketones is 1. The van der Waals surface area contributed by atoms with Gasteiger partial charge in [-0.25, -0.2) is 0 Å². The van der Waals surface area contributed by atoms with Crippen LogP contribution in [0, 0.1) is 17.3 Å². The summed E-state index contributed by atoms with van der Waals surface area (Å²) >= 11 is 0. The number of Topliss-reactive ketones (excluding diaryl/α,β-unsaturated/α-hetero) is 1. The van der Waals surface area contributed by atoms with Crippen LogP contribution in [-0.2, 0) is 9.53 Å². The lowest BCUT2D eigenvalue weighted by Gasteiger charge is -2.49. The van der Waals surface area contributed by atoms with E-state index >= 15 is 0 Å². The summed E-state index contributed by atoms with van der Waals surface area (Å²) in [6.07, 6.45) is 4.94. The molecule has 0 aliphatic heterocycles. The van der Waals surface area contributed by atoms with Gasteiger partial charge in [-0.05, 0) is 73.6 Å². The number of rotatable bonds is 2. The van der Waals surface area contributed by atoms with Crippen molar-refractivity contribution in [3.05, 3.63) is 29.3 Å². The largest absolute Gasteiger partial charge is 0.508 e. The number of phenolic OH excluding ortho intramolecular Hbond substituents is 1. The fraction of sp³-hybridized carbons (Fsp3) is 0.650. The van der Waals surface area contributed by atoms with E-state index in [1.54, 1.807) is 6.07 Å². The summed E-state index contributed by atoms with van der Waals surface area (Å²) in [6, 6.07) is 5.78. The Kier molecular flexibility index (Phi) is 3.53. The van der Waals surface area contributed by atoms with Gasteiger partial charge in [-0.3, -0.25) is 4.79 Å². The zero-order valence-corrected chi connectivity index (χ0v) is 14.0. The average Bonchev–Trinajstić information content (AvgIpc) is 2.83. The number of benzene rings is 1. The van der Waals surface area contributed by atoms with Gasteiger partial charge >= 0.3 is 0 Å². The van der Waals surface area contributed by atoms with E-state index in [2.05, 4.69) is 13.0 Å². The number of hydrogen-bond acceptors (Lipinski definition) is 3. The normalized spacial score (nSPS) is 38.8. The highest BCUT2D eigenvalue weighted by molar-refractivity contribution is 5.87. The van der Waals surface area contributed by atoms with Crippen molar-refractivity contribution in [3.8, 4) is 5.75 Å². The number of phenols is 1. The van der Waals surface area contributed by atoms with Crippen LogP contribution in [0.4, 0.5) is 0 Å². The molecule has 0 spiro atoms. The molecule has 1 aromatic rings. The molecule has 2 saturated carbocycles. The topological polar surface area (TPSA) is 46.5 Å². The summed E-state index contributed by atoms with van der Waals surface area (Å²) < 4.78 is 6.03. The molecule has 0 saturated heterocycles. The molecule has 0 unspecified atom stereocenters. The zero-order chi connectivity index (χ0) is 16.2. The monoisotopic (exact) mass is 314 g/mol. The van der Waals surface area contributed by atoms with Crippen LogP contribution in [0.2, 0.25) is 0 Å². The highest BCUT2D eigenvalue weighted by atomic mass is 16.5. The summed E-state index contributed by atoms with van der Waals surface area (Å²) in [4.78, 5) is 12.4.